The molecule has 0 aliphatic rings. The summed E-state index contributed by atoms with van der Waals surface area (Å²) in [5.41, 5.74) is 6.14. The molecule has 0 aliphatic carbocycles. The number of nitrogens with two attached hydrogens (primary N) is 1. The number of thiocarbonyl (C=S) groups is 1. The average Bonchev–Trinajstić information content (AvgIpc) is 2.36. The van der Waals surface area contributed by atoms with Gasteiger partial charge in [0.1, 0.15) is 11.6 Å². The summed E-state index contributed by atoms with van der Waals surface area (Å²) in [4.78, 5) is 13.6. The van der Waals surface area contributed by atoms with Crippen LogP contribution in [-0.4, -0.2) is 36.0 Å². The minimum Gasteiger partial charge on any atom is -0.483 e. The van der Waals surface area contributed by atoms with Gasteiger partial charge in [0.15, 0.2) is 6.61 Å². The maximum absolute atomic E-state index is 13.0. The Morgan fingerprint density at radius 1 is 1.53 bits per heavy atom. The van der Waals surface area contributed by atoms with Gasteiger partial charge in [-0.25, -0.2) is 4.39 Å². The molecule has 0 radical (unpaired) electrons. The van der Waals surface area contributed by atoms with Gasteiger partial charge in [0.05, 0.1) is 4.99 Å². The van der Waals surface area contributed by atoms with Gasteiger partial charge < -0.3 is 15.4 Å². The van der Waals surface area contributed by atoms with E-state index < -0.39 is 5.82 Å². The summed E-state index contributed by atoms with van der Waals surface area (Å²) in [6.07, 6.45) is 0.469. The number of nitrogens with zero attached hydrogens (tertiary/aromatic N) is 1. The molecule has 0 heterocycles. The van der Waals surface area contributed by atoms with Crippen LogP contribution in [0.4, 0.5) is 4.39 Å². The second-order valence-electron chi connectivity index (χ2n) is 4.23. The van der Waals surface area contributed by atoms with E-state index in [2.05, 4.69) is 0 Å². The number of carbonyl (C=O) groups is 1. The van der Waals surface area contributed by atoms with Crippen LogP contribution in [0.5, 0.6) is 5.75 Å². The molecular weight excluding hydrogens is 267 g/mol. The Bertz CT molecular complexity index is 480. The molecule has 1 aromatic rings. The van der Waals surface area contributed by atoms with Crippen molar-refractivity contribution in [3.05, 3.63) is 29.6 Å². The van der Waals surface area contributed by atoms with Crippen LogP contribution >= 0.6 is 12.2 Å². The molecule has 1 aromatic carbocycles. The van der Waals surface area contributed by atoms with Crippen LogP contribution in [-0.2, 0) is 4.79 Å². The molecule has 0 atom stereocenters. The Morgan fingerprint density at radius 3 is 2.84 bits per heavy atom. The van der Waals surface area contributed by atoms with Gasteiger partial charge in [-0.3, -0.25) is 4.79 Å². The molecule has 0 fully saturated rings. The third-order valence-corrected chi connectivity index (χ3v) is 2.82. The molecule has 19 heavy (non-hydrogen) atoms. The third-order valence-electron chi connectivity index (χ3n) is 2.62. The number of amides is 1. The molecule has 0 saturated heterocycles. The van der Waals surface area contributed by atoms with E-state index in [1.807, 2.05) is 0 Å². The van der Waals surface area contributed by atoms with Crippen LogP contribution in [0.1, 0.15) is 12.0 Å². The monoisotopic (exact) mass is 284 g/mol. The van der Waals surface area contributed by atoms with Gasteiger partial charge >= 0.3 is 0 Å². The predicted molar refractivity (Wildman–Crippen MR) is 75.7 cm³/mol. The smallest absolute Gasteiger partial charge is 0.260 e. The van der Waals surface area contributed by atoms with Gasteiger partial charge in [-0.2, -0.15) is 0 Å². The van der Waals surface area contributed by atoms with Gasteiger partial charge in [0.2, 0.25) is 0 Å². The molecule has 0 aromatic heterocycles. The number of likely N-dealkylation sites (N-methyl/N-ethyl adjacent to an activating group) is 1. The first-order valence-corrected chi connectivity index (χ1v) is 6.22. The first-order valence-electron chi connectivity index (χ1n) is 5.81. The second-order valence-corrected chi connectivity index (χ2v) is 4.75. The number of hydrogen-bond acceptors (Lipinski definition) is 3. The molecule has 0 aliphatic heterocycles. The first kappa shape index (κ1) is 15.4. The van der Waals surface area contributed by atoms with Crippen molar-refractivity contribution < 1.29 is 13.9 Å². The first-order chi connectivity index (χ1) is 8.90. The maximum Gasteiger partial charge on any atom is 0.260 e. The van der Waals surface area contributed by atoms with Crippen LogP contribution in [0.25, 0.3) is 0 Å². The summed E-state index contributed by atoms with van der Waals surface area (Å²) in [5, 5.41) is 0. The number of rotatable bonds is 6. The Labute approximate surface area is 117 Å². The number of ether oxygens (including phenoxy) is 1. The summed E-state index contributed by atoms with van der Waals surface area (Å²) in [7, 11) is 1.64. The van der Waals surface area contributed by atoms with E-state index in [-0.39, 0.29) is 12.5 Å². The fourth-order valence-electron chi connectivity index (χ4n) is 1.38. The van der Waals surface area contributed by atoms with Gasteiger partial charge in [0, 0.05) is 26.1 Å². The van der Waals surface area contributed by atoms with E-state index in [9.17, 15) is 9.18 Å². The van der Waals surface area contributed by atoms with Crippen molar-refractivity contribution in [3.8, 4) is 5.75 Å². The fourth-order valence-corrected chi connectivity index (χ4v) is 1.47. The molecule has 0 bridgehead atoms. The molecular formula is C13H17FN2O2S. The Kier molecular flexibility index (Phi) is 5.69. The highest BCUT2D eigenvalue weighted by Crippen LogP contribution is 2.18. The average molecular weight is 284 g/mol. The van der Waals surface area contributed by atoms with E-state index >= 15 is 0 Å². The van der Waals surface area contributed by atoms with Crippen LogP contribution in [0, 0.1) is 12.7 Å². The zero-order chi connectivity index (χ0) is 14.4. The highest BCUT2D eigenvalue weighted by Gasteiger charge is 2.11. The maximum atomic E-state index is 13.0. The minimum absolute atomic E-state index is 0.141. The van der Waals surface area contributed by atoms with Gasteiger partial charge in [0.25, 0.3) is 5.91 Å². The number of hydrogen-bond donors (Lipinski definition) is 1. The summed E-state index contributed by atoms with van der Waals surface area (Å²) in [6, 6.07) is 4.21. The zero-order valence-corrected chi connectivity index (χ0v) is 11.8. The lowest BCUT2D eigenvalue weighted by Crippen LogP contribution is -2.33. The summed E-state index contributed by atoms with van der Waals surface area (Å²) in [6.45, 7) is 2.09. The third kappa shape index (κ3) is 5.21. The van der Waals surface area contributed by atoms with Crippen LogP contribution in [0.3, 0.4) is 0 Å². The molecule has 4 nitrogen and oxygen atoms in total. The van der Waals surface area contributed by atoms with Crippen molar-refractivity contribution in [3.63, 3.8) is 0 Å². The normalized spacial score (nSPS) is 10.1. The molecule has 0 spiro atoms. The highest BCUT2D eigenvalue weighted by molar-refractivity contribution is 7.80. The molecule has 0 saturated carbocycles. The van der Waals surface area contributed by atoms with Gasteiger partial charge in [-0.1, -0.05) is 18.3 Å². The largest absolute Gasteiger partial charge is 0.483 e. The van der Waals surface area contributed by atoms with Crippen molar-refractivity contribution >= 4 is 23.1 Å². The van der Waals surface area contributed by atoms with Crippen molar-refractivity contribution in [2.24, 2.45) is 5.73 Å². The summed E-state index contributed by atoms with van der Waals surface area (Å²) in [5.74, 6) is -0.231. The Morgan fingerprint density at radius 2 is 2.21 bits per heavy atom. The van der Waals surface area contributed by atoms with Crippen LogP contribution in [0.15, 0.2) is 18.2 Å². The zero-order valence-electron chi connectivity index (χ0n) is 11.0. The number of halogens is 1. The lowest BCUT2D eigenvalue weighted by Gasteiger charge is -2.17. The topological polar surface area (TPSA) is 55.6 Å². The van der Waals surface area contributed by atoms with E-state index in [4.69, 9.17) is 22.7 Å². The number of aryl methyl sites for hydroxylation is 1. The van der Waals surface area contributed by atoms with Crippen molar-refractivity contribution in [1.29, 1.82) is 0 Å². The van der Waals surface area contributed by atoms with Crippen molar-refractivity contribution in [2.45, 2.75) is 13.3 Å². The number of benzene rings is 1. The molecule has 2 N–H and O–H groups in total. The molecule has 104 valence electrons. The van der Waals surface area contributed by atoms with E-state index in [1.165, 1.54) is 17.0 Å². The summed E-state index contributed by atoms with van der Waals surface area (Å²) < 4.78 is 18.3. The highest BCUT2D eigenvalue weighted by atomic mass is 32.1. The predicted octanol–water partition coefficient (Wildman–Crippen LogP) is 1.65. The van der Waals surface area contributed by atoms with Gasteiger partial charge in [-0.15, -0.1) is 0 Å². The van der Waals surface area contributed by atoms with Crippen molar-refractivity contribution in [2.75, 3.05) is 20.2 Å². The van der Waals surface area contributed by atoms with E-state index in [0.717, 1.165) is 5.56 Å². The Balaban J connectivity index is 2.49. The van der Waals surface area contributed by atoms with Crippen molar-refractivity contribution in [1.82, 2.24) is 4.90 Å². The lowest BCUT2D eigenvalue weighted by molar-refractivity contribution is -0.131. The standard InChI is InChI=1S/C13H17FN2O2S/c1-9-3-4-10(14)7-11(9)18-8-13(17)16(2)6-5-12(15)19/h3-4,7H,5-6,8H2,1-2H3,(H2,15,19). The molecule has 6 heteroatoms. The molecule has 0 unspecified atom stereocenters. The quantitative estimate of drug-likeness (QED) is 0.807. The van der Waals surface area contributed by atoms with E-state index in [0.29, 0.717) is 23.7 Å². The van der Waals surface area contributed by atoms with Gasteiger partial charge in [-0.05, 0) is 18.6 Å². The van der Waals surface area contributed by atoms with E-state index in [1.54, 1.807) is 20.0 Å². The minimum atomic E-state index is -0.394. The molecule has 1 rings (SSSR count). The Hall–Kier alpha value is -1.69. The summed E-state index contributed by atoms with van der Waals surface area (Å²) >= 11 is 4.74. The second kappa shape index (κ2) is 7.04. The lowest BCUT2D eigenvalue weighted by atomic mass is 10.2. The fraction of sp³-hybridized carbons (Fsp3) is 0.385. The number of carbonyl (C=O) groups excluding carboxylic acids is 1. The molecule has 1 amide bonds. The van der Waals surface area contributed by atoms with Crippen LogP contribution in [0.2, 0.25) is 0 Å². The van der Waals surface area contributed by atoms with Crippen LogP contribution < -0.4 is 10.5 Å². The SMILES string of the molecule is Cc1ccc(F)cc1OCC(=O)N(C)CCC(N)=S.